The molecule has 0 saturated carbocycles. The molecule has 0 aliphatic carbocycles. The summed E-state index contributed by atoms with van der Waals surface area (Å²) in [5, 5.41) is 2.60. The smallest absolute Gasteiger partial charge is 0.406 e. The highest BCUT2D eigenvalue weighted by atomic mass is 19.4. The molecule has 0 saturated heterocycles. The highest BCUT2D eigenvalue weighted by Gasteiger charge is 2.31. The monoisotopic (exact) mass is 426 g/mol. The second kappa shape index (κ2) is 9.34. The van der Waals surface area contributed by atoms with Crippen molar-refractivity contribution >= 4 is 17.4 Å². The van der Waals surface area contributed by atoms with Gasteiger partial charge in [0.2, 0.25) is 5.78 Å². The second-order valence-corrected chi connectivity index (χ2v) is 7.60. The maximum atomic E-state index is 12.7. The highest BCUT2D eigenvalue weighted by molar-refractivity contribution is 5.98. The van der Waals surface area contributed by atoms with Gasteiger partial charge in [0, 0.05) is 28.7 Å². The molecule has 9 heteroatoms. The van der Waals surface area contributed by atoms with Crippen LogP contribution in [-0.2, 0) is 4.79 Å². The number of likely N-dealkylation sites (N-methyl/N-ethyl adjacent to an activating group) is 1. The average Bonchev–Trinajstić information content (AvgIpc) is 2.89. The summed E-state index contributed by atoms with van der Waals surface area (Å²) in [7, 11) is 1.74. The number of aromatic nitrogens is 1. The van der Waals surface area contributed by atoms with Gasteiger partial charge in [-0.1, -0.05) is 0 Å². The van der Waals surface area contributed by atoms with E-state index in [4.69, 9.17) is 0 Å². The molecule has 2 N–H and O–H groups in total. The van der Waals surface area contributed by atoms with Crippen molar-refractivity contribution in [3.63, 3.8) is 0 Å². The van der Waals surface area contributed by atoms with Gasteiger partial charge in [-0.25, -0.2) is 0 Å². The molecular weight excluding hydrogens is 399 g/mol. The van der Waals surface area contributed by atoms with Crippen LogP contribution in [0.4, 0.5) is 18.9 Å². The standard InChI is InChI=1S/C21H26F3N3O3/c1-13(2)27-14(3)10-18(15(27)4)19(28)11-26(5)12-20(29)25-16-6-8-17(9-7-16)30-21(22,23)24/h6-10,13H,11-12H2,1-5H3,(H,25,29)/p+1. The van der Waals surface area contributed by atoms with Gasteiger partial charge < -0.3 is 19.5 Å². The molecule has 0 aliphatic rings. The number of ketones is 1. The van der Waals surface area contributed by atoms with Gasteiger partial charge in [-0.05, 0) is 58.0 Å². The van der Waals surface area contributed by atoms with Crippen LogP contribution in [0.25, 0.3) is 0 Å². The summed E-state index contributed by atoms with van der Waals surface area (Å²) in [6.07, 6.45) is -4.77. The number of nitrogens with zero attached hydrogens (tertiary/aromatic N) is 1. The quantitative estimate of drug-likeness (QED) is 0.638. The predicted molar refractivity (Wildman–Crippen MR) is 107 cm³/mol. The Labute approximate surface area is 173 Å². The van der Waals surface area contributed by atoms with Crippen molar-refractivity contribution in [1.82, 2.24) is 4.57 Å². The molecule has 0 fully saturated rings. The number of hydrogen-bond donors (Lipinski definition) is 2. The van der Waals surface area contributed by atoms with E-state index in [2.05, 4.69) is 28.5 Å². The molecule has 1 aromatic carbocycles. The zero-order valence-corrected chi connectivity index (χ0v) is 17.7. The van der Waals surface area contributed by atoms with Gasteiger partial charge in [-0.2, -0.15) is 0 Å². The van der Waals surface area contributed by atoms with E-state index < -0.39 is 6.36 Å². The lowest BCUT2D eigenvalue weighted by Gasteiger charge is -2.15. The van der Waals surface area contributed by atoms with Crippen LogP contribution in [0.1, 0.15) is 41.6 Å². The highest BCUT2D eigenvalue weighted by Crippen LogP contribution is 2.24. The van der Waals surface area contributed by atoms with Gasteiger partial charge in [0.25, 0.3) is 5.91 Å². The maximum Gasteiger partial charge on any atom is 0.573 e. The van der Waals surface area contributed by atoms with E-state index in [0.717, 1.165) is 23.5 Å². The van der Waals surface area contributed by atoms with Gasteiger partial charge >= 0.3 is 6.36 Å². The summed E-state index contributed by atoms with van der Waals surface area (Å²) in [5.41, 5.74) is 2.92. The molecule has 2 rings (SSSR count). The molecule has 0 aliphatic heterocycles. The third-order valence-electron chi connectivity index (χ3n) is 4.60. The summed E-state index contributed by atoms with van der Waals surface area (Å²) >= 11 is 0. The first-order valence-corrected chi connectivity index (χ1v) is 9.56. The van der Waals surface area contributed by atoms with Crippen LogP contribution in [0.15, 0.2) is 30.3 Å². The molecule has 30 heavy (non-hydrogen) atoms. The Bertz CT molecular complexity index is 903. The summed E-state index contributed by atoms with van der Waals surface area (Å²) in [5.74, 6) is -0.765. The van der Waals surface area contributed by atoms with Crippen molar-refractivity contribution in [1.29, 1.82) is 0 Å². The summed E-state index contributed by atoms with van der Waals surface area (Å²) < 4.78 is 42.4. The molecule has 1 aromatic heterocycles. The topological polar surface area (TPSA) is 64.8 Å². The first-order valence-electron chi connectivity index (χ1n) is 9.56. The number of quaternary nitrogens is 1. The van der Waals surface area contributed by atoms with E-state index in [1.165, 1.54) is 12.1 Å². The summed E-state index contributed by atoms with van der Waals surface area (Å²) in [4.78, 5) is 25.6. The molecule has 2 aromatic rings. The normalized spacial score (nSPS) is 12.7. The number of hydrogen-bond acceptors (Lipinski definition) is 3. The van der Waals surface area contributed by atoms with E-state index in [9.17, 15) is 22.8 Å². The van der Waals surface area contributed by atoms with Crippen molar-refractivity contribution in [3.8, 4) is 5.75 Å². The Morgan fingerprint density at radius 3 is 2.23 bits per heavy atom. The Morgan fingerprint density at radius 2 is 1.73 bits per heavy atom. The molecular formula is C21H27F3N3O3+. The van der Waals surface area contributed by atoms with E-state index in [-0.39, 0.29) is 36.6 Å². The zero-order chi connectivity index (χ0) is 22.6. The lowest BCUT2D eigenvalue weighted by atomic mass is 10.1. The minimum absolute atomic E-state index is 0.0372. The van der Waals surface area contributed by atoms with E-state index >= 15 is 0 Å². The number of halogens is 3. The molecule has 1 heterocycles. The Hall–Kier alpha value is -2.81. The Balaban J connectivity index is 1.92. The molecule has 164 valence electrons. The number of ether oxygens (including phenoxy) is 1. The fraction of sp³-hybridized carbons (Fsp3) is 0.429. The van der Waals surface area contributed by atoms with Gasteiger partial charge in [0.1, 0.15) is 12.3 Å². The molecule has 1 amide bonds. The number of carbonyl (C=O) groups is 2. The van der Waals surface area contributed by atoms with Crippen molar-refractivity contribution < 1.29 is 32.4 Å². The molecule has 0 bridgehead atoms. The number of Topliss-reactive ketones (excluding diaryl/α,β-unsaturated/α-hetero) is 1. The lowest BCUT2D eigenvalue weighted by Crippen LogP contribution is -3.11. The van der Waals surface area contributed by atoms with Crippen molar-refractivity contribution in [3.05, 3.63) is 47.3 Å². The van der Waals surface area contributed by atoms with Crippen LogP contribution in [-0.4, -0.2) is 42.8 Å². The number of carbonyl (C=O) groups excluding carboxylic acids is 2. The predicted octanol–water partition coefficient (Wildman–Crippen LogP) is 2.92. The van der Waals surface area contributed by atoms with Crippen LogP contribution in [0.2, 0.25) is 0 Å². The number of benzene rings is 1. The number of nitrogens with one attached hydrogen (secondary N) is 2. The largest absolute Gasteiger partial charge is 0.573 e. The van der Waals surface area contributed by atoms with Crippen molar-refractivity contribution in [2.45, 2.75) is 40.1 Å². The van der Waals surface area contributed by atoms with Gasteiger partial charge in [0.15, 0.2) is 6.54 Å². The summed E-state index contributed by atoms with van der Waals surface area (Å²) in [6.45, 7) is 8.16. The van der Waals surface area contributed by atoms with E-state index in [0.29, 0.717) is 16.2 Å². The fourth-order valence-electron chi connectivity index (χ4n) is 3.51. The van der Waals surface area contributed by atoms with Gasteiger partial charge in [-0.15, -0.1) is 13.2 Å². The number of alkyl halides is 3. The minimum atomic E-state index is -4.77. The first-order chi connectivity index (χ1) is 13.9. The van der Waals surface area contributed by atoms with Gasteiger partial charge in [0.05, 0.1) is 7.05 Å². The third kappa shape index (κ3) is 6.35. The number of anilines is 1. The van der Waals surface area contributed by atoms with Crippen LogP contribution < -0.4 is 15.0 Å². The van der Waals surface area contributed by atoms with Crippen molar-refractivity contribution in [2.75, 3.05) is 25.5 Å². The average molecular weight is 426 g/mol. The van der Waals surface area contributed by atoms with Gasteiger partial charge in [-0.3, -0.25) is 9.59 Å². The summed E-state index contributed by atoms with van der Waals surface area (Å²) in [6, 6.07) is 6.99. The third-order valence-corrected chi connectivity index (χ3v) is 4.60. The number of aryl methyl sites for hydroxylation is 1. The lowest BCUT2D eigenvalue weighted by molar-refractivity contribution is -0.861. The molecule has 0 spiro atoms. The van der Waals surface area contributed by atoms with Crippen LogP contribution in [0.5, 0.6) is 5.75 Å². The fourth-order valence-corrected chi connectivity index (χ4v) is 3.51. The van der Waals surface area contributed by atoms with Crippen molar-refractivity contribution in [2.24, 2.45) is 0 Å². The van der Waals surface area contributed by atoms with E-state index in [1.807, 2.05) is 19.9 Å². The molecule has 1 unspecified atom stereocenters. The van der Waals surface area contributed by atoms with Crippen LogP contribution >= 0.6 is 0 Å². The SMILES string of the molecule is Cc1cc(C(=O)C[NH+](C)CC(=O)Nc2ccc(OC(F)(F)F)cc2)c(C)n1C(C)C. The molecule has 6 nitrogen and oxygen atoms in total. The van der Waals surface area contributed by atoms with Crippen LogP contribution in [0.3, 0.4) is 0 Å². The maximum absolute atomic E-state index is 12.7. The molecule has 1 atom stereocenters. The number of rotatable bonds is 8. The second-order valence-electron chi connectivity index (χ2n) is 7.60. The number of amides is 1. The van der Waals surface area contributed by atoms with Crippen LogP contribution in [0, 0.1) is 13.8 Å². The minimum Gasteiger partial charge on any atom is -0.406 e. The Kier molecular flexibility index (Phi) is 7.30. The molecule has 0 radical (unpaired) electrons. The zero-order valence-electron chi connectivity index (χ0n) is 17.7. The van der Waals surface area contributed by atoms with E-state index in [1.54, 1.807) is 7.05 Å². The Morgan fingerprint density at radius 1 is 1.13 bits per heavy atom. The first kappa shape index (κ1) is 23.5.